The first-order valence-electron chi connectivity index (χ1n) is 8.09. The fourth-order valence-electron chi connectivity index (χ4n) is 2.92. The van der Waals surface area contributed by atoms with E-state index in [2.05, 4.69) is 58.1 Å². The molecule has 0 atom stereocenters. The van der Waals surface area contributed by atoms with Crippen LogP contribution in [-0.2, 0) is 20.1 Å². The van der Waals surface area contributed by atoms with Crippen LogP contribution in [0.2, 0.25) is 0 Å². The Kier molecular flexibility index (Phi) is 6.52. The van der Waals surface area contributed by atoms with Gasteiger partial charge in [0.05, 0.1) is 13.1 Å². The number of para-hydroxylation sites is 1. The van der Waals surface area contributed by atoms with Crippen molar-refractivity contribution in [2.75, 3.05) is 14.1 Å². The Bertz CT molecular complexity index is 865. The monoisotopic (exact) mass is 452 g/mol. The van der Waals surface area contributed by atoms with E-state index < -0.39 is 0 Å². The van der Waals surface area contributed by atoms with Crippen molar-refractivity contribution in [1.29, 1.82) is 0 Å². The highest BCUT2D eigenvalue weighted by atomic mass is 127. The second kappa shape index (κ2) is 8.42. The van der Waals surface area contributed by atoms with Crippen molar-refractivity contribution >= 4 is 40.9 Å². The van der Waals surface area contributed by atoms with Gasteiger partial charge in [0, 0.05) is 44.0 Å². The third kappa shape index (κ3) is 4.18. The molecular weight excluding hydrogens is 427 g/mol. The van der Waals surface area contributed by atoms with Gasteiger partial charge in [0.25, 0.3) is 0 Å². The van der Waals surface area contributed by atoms with Crippen LogP contribution < -0.4 is 5.32 Å². The first-order valence-corrected chi connectivity index (χ1v) is 8.09. The van der Waals surface area contributed by atoms with Crippen LogP contribution in [0.4, 0.5) is 0 Å². The molecule has 0 aliphatic heterocycles. The molecule has 0 saturated carbocycles. The number of hydrogen-bond acceptors (Lipinski definition) is 2. The summed E-state index contributed by atoms with van der Waals surface area (Å²) in [6.07, 6.45) is 2.05. The molecule has 1 N–H and O–H groups in total. The second-order valence-electron chi connectivity index (χ2n) is 6.01. The molecule has 2 heterocycles. The molecule has 3 rings (SSSR count). The molecule has 5 nitrogen and oxygen atoms in total. The summed E-state index contributed by atoms with van der Waals surface area (Å²) in [5, 5.41) is 4.56. The van der Waals surface area contributed by atoms with Gasteiger partial charge in [0.1, 0.15) is 11.3 Å². The van der Waals surface area contributed by atoms with Gasteiger partial charge in [-0.3, -0.25) is 4.99 Å². The summed E-state index contributed by atoms with van der Waals surface area (Å²) >= 11 is 0. The zero-order chi connectivity index (χ0) is 17.1. The van der Waals surface area contributed by atoms with Gasteiger partial charge in [-0.25, -0.2) is 0 Å². The topological polar surface area (TPSA) is 45.7 Å². The van der Waals surface area contributed by atoms with Crippen LogP contribution in [-0.4, -0.2) is 29.5 Å². The largest absolute Gasteiger partial charge is 0.459 e. The lowest BCUT2D eigenvalue weighted by Gasteiger charge is -2.22. The number of aromatic nitrogens is 1. The molecule has 1 aromatic carbocycles. The van der Waals surface area contributed by atoms with Crippen molar-refractivity contribution in [2.24, 2.45) is 12.0 Å². The van der Waals surface area contributed by atoms with E-state index in [1.807, 2.05) is 25.2 Å². The molecule has 0 bridgehead atoms. The van der Waals surface area contributed by atoms with Gasteiger partial charge < -0.3 is 19.2 Å². The SMILES string of the molecule is CN=C(NCc1oc2ccccc2c1C)N(C)Cc1cccn1C.I. The van der Waals surface area contributed by atoms with Gasteiger partial charge in [-0.15, -0.1) is 24.0 Å². The first kappa shape index (κ1) is 19.4. The molecule has 0 saturated heterocycles. The Morgan fingerprint density at radius 2 is 2.00 bits per heavy atom. The fourth-order valence-corrected chi connectivity index (χ4v) is 2.92. The number of benzene rings is 1. The van der Waals surface area contributed by atoms with Crippen LogP contribution in [0.25, 0.3) is 11.0 Å². The molecule has 0 aliphatic rings. The van der Waals surface area contributed by atoms with Crippen LogP contribution in [0.3, 0.4) is 0 Å². The van der Waals surface area contributed by atoms with Crippen molar-refractivity contribution in [3.63, 3.8) is 0 Å². The van der Waals surface area contributed by atoms with Crippen LogP contribution in [0.1, 0.15) is 17.0 Å². The maximum absolute atomic E-state index is 5.96. The van der Waals surface area contributed by atoms with E-state index in [0.29, 0.717) is 6.54 Å². The van der Waals surface area contributed by atoms with Crippen molar-refractivity contribution < 1.29 is 4.42 Å². The zero-order valence-corrected chi connectivity index (χ0v) is 17.4. The number of aliphatic imine (C=N–C) groups is 1. The van der Waals surface area contributed by atoms with Crippen molar-refractivity contribution in [3.8, 4) is 0 Å². The predicted octanol–water partition coefficient (Wildman–Crippen LogP) is 3.91. The lowest BCUT2D eigenvalue weighted by atomic mass is 10.1. The number of nitrogens with zero attached hydrogens (tertiary/aromatic N) is 3. The molecule has 25 heavy (non-hydrogen) atoms. The molecule has 0 fully saturated rings. The van der Waals surface area contributed by atoms with Crippen LogP contribution >= 0.6 is 24.0 Å². The molecular formula is C19H25IN4O. The number of hydrogen-bond donors (Lipinski definition) is 1. The average molecular weight is 452 g/mol. The van der Waals surface area contributed by atoms with Gasteiger partial charge in [-0.05, 0) is 25.1 Å². The number of fused-ring (bicyclic) bond motifs is 1. The van der Waals surface area contributed by atoms with Gasteiger partial charge in [-0.1, -0.05) is 18.2 Å². The zero-order valence-electron chi connectivity index (χ0n) is 15.1. The molecule has 3 aromatic rings. The highest BCUT2D eigenvalue weighted by Crippen LogP contribution is 2.24. The third-order valence-electron chi connectivity index (χ3n) is 4.37. The maximum atomic E-state index is 5.96. The lowest BCUT2D eigenvalue weighted by Crippen LogP contribution is -2.38. The smallest absolute Gasteiger partial charge is 0.194 e. The predicted molar refractivity (Wildman–Crippen MR) is 113 cm³/mol. The summed E-state index contributed by atoms with van der Waals surface area (Å²) in [4.78, 5) is 6.48. The first-order chi connectivity index (χ1) is 11.6. The number of furan rings is 1. The van der Waals surface area contributed by atoms with E-state index in [0.717, 1.165) is 23.8 Å². The van der Waals surface area contributed by atoms with E-state index in [4.69, 9.17) is 4.42 Å². The second-order valence-corrected chi connectivity index (χ2v) is 6.01. The Balaban J connectivity index is 0.00000225. The third-order valence-corrected chi connectivity index (χ3v) is 4.37. The molecule has 0 amide bonds. The minimum absolute atomic E-state index is 0. The standard InChI is InChI=1S/C19H24N4O.HI/c1-14-16-9-5-6-10-17(16)24-18(14)12-21-19(20-2)23(4)13-15-8-7-11-22(15)3;/h5-11H,12-13H2,1-4H3,(H,20,21);1H. The Morgan fingerprint density at radius 3 is 2.64 bits per heavy atom. The quantitative estimate of drug-likeness (QED) is 0.371. The number of aryl methyl sites for hydroxylation is 2. The summed E-state index contributed by atoms with van der Waals surface area (Å²) in [7, 11) is 5.89. The van der Waals surface area contributed by atoms with Crippen LogP contribution in [0.5, 0.6) is 0 Å². The number of rotatable bonds is 4. The molecule has 2 aromatic heterocycles. The molecule has 0 unspecified atom stereocenters. The van der Waals surface area contributed by atoms with Crippen molar-refractivity contribution in [2.45, 2.75) is 20.0 Å². The molecule has 6 heteroatoms. The summed E-state index contributed by atoms with van der Waals surface area (Å²) in [6.45, 7) is 3.51. The molecule has 0 radical (unpaired) electrons. The van der Waals surface area contributed by atoms with Gasteiger partial charge in [0.2, 0.25) is 0 Å². The van der Waals surface area contributed by atoms with Gasteiger partial charge in [0.15, 0.2) is 5.96 Å². The van der Waals surface area contributed by atoms with Crippen LogP contribution in [0.15, 0.2) is 52.0 Å². The lowest BCUT2D eigenvalue weighted by molar-refractivity contribution is 0.453. The molecule has 0 spiro atoms. The molecule has 134 valence electrons. The van der Waals surface area contributed by atoms with Crippen LogP contribution in [0, 0.1) is 6.92 Å². The van der Waals surface area contributed by atoms with Gasteiger partial charge in [-0.2, -0.15) is 0 Å². The van der Waals surface area contributed by atoms with Crippen molar-refractivity contribution in [3.05, 3.63) is 59.6 Å². The highest BCUT2D eigenvalue weighted by molar-refractivity contribution is 14.0. The average Bonchev–Trinajstić information content (AvgIpc) is 3.12. The number of nitrogens with one attached hydrogen (secondary N) is 1. The number of halogens is 1. The number of guanidine groups is 1. The summed E-state index contributed by atoms with van der Waals surface area (Å²) < 4.78 is 8.08. The van der Waals surface area contributed by atoms with E-state index in [1.165, 1.54) is 16.6 Å². The summed E-state index contributed by atoms with van der Waals surface area (Å²) in [5.74, 6) is 1.79. The van der Waals surface area contributed by atoms with Crippen molar-refractivity contribution in [1.82, 2.24) is 14.8 Å². The fraction of sp³-hybridized carbons (Fsp3) is 0.316. The van der Waals surface area contributed by atoms with E-state index in [9.17, 15) is 0 Å². The summed E-state index contributed by atoms with van der Waals surface area (Å²) in [5.41, 5.74) is 3.35. The highest BCUT2D eigenvalue weighted by Gasteiger charge is 2.12. The Hall–Kier alpha value is -1.96. The van der Waals surface area contributed by atoms with Gasteiger partial charge >= 0.3 is 0 Å². The van der Waals surface area contributed by atoms with E-state index in [-0.39, 0.29) is 24.0 Å². The Labute approximate surface area is 165 Å². The minimum Gasteiger partial charge on any atom is -0.459 e. The maximum Gasteiger partial charge on any atom is 0.194 e. The minimum atomic E-state index is 0. The normalized spacial score (nSPS) is 11.4. The Morgan fingerprint density at radius 1 is 1.24 bits per heavy atom. The van der Waals surface area contributed by atoms with E-state index in [1.54, 1.807) is 7.05 Å². The molecule has 0 aliphatic carbocycles. The van der Waals surface area contributed by atoms with E-state index >= 15 is 0 Å². The summed E-state index contributed by atoms with van der Waals surface area (Å²) in [6, 6.07) is 12.3.